The first kappa shape index (κ1) is 27.5. The lowest BCUT2D eigenvalue weighted by Gasteiger charge is -2.16. The van der Waals surface area contributed by atoms with E-state index in [1.807, 2.05) is 18.2 Å². The molecule has 0 fully saturated rings. The number of esters is 2. The first-order chi connectivity index (χ1) is 18.8. The van der Waals surface area contributed by atoms with Gasteiger partial charge in [0.2, 0.25) is 0 Å². The van der Waals surface area contributed by atoms with Gasteiger partial charge >= 0.3 is 11.9 Å². The van der Waals surface area contributed by atoms with Gasteiger partial charge in [-0.2, -0.15) is 0 Å². The third kappa shape index (κ3) is 5.52. The maximum atomic E-state index is 13.3. The minimum atomic E-state index is -0.570. The van der Waals surface area contributed by atoms with Crippen molar-refractivity contribution in [1.29, 1.82) is 0 Å². The van der Waals surface area contributed by atoms with Crippen LogP contribution in [0.2, 0.25) is 19.6 Å². The van der Waals surface area contributed by atoms with Crippen molar-refractivity contribution in [2.24, 2.45) is 0 Å². The van der Waals surface area contributed by atoms with Gasteiger partial charge in [-0.3, -0.25) is 0 Å². The summed E-state index contributed by atoms with van der Waals surface area (Å²) in [7, 11) is 0.155. The Bertz CT molecular complexity index is 1700. The van der Waals surface area contributed by atoms with E-state index in [4.69, 9.17) is 9.47 Å². The van der Waals surface area contributed by atoms with Crippen LogP contribution in [0.25, 0.3) is 42.4 Å². The van der Waals surface area contributed by atoms with Gasteiger partial charge in [-0.05, 0) is 92.3 Å². The molecule has 0 aliphatic rings. The lowest BCUT2D eigenvalue weighted by Crippen LogP contribution is -2.17. The van der Waals surface area contributed by atoms with E-state index in [-0.39, 0.29) is 13.2 Å². The summed E-state index contributed by atoms with van der Waals surface area (Å²) in [5.74, 6) is -0.815. The third-order valence-corrected chi connectivity index (χ3v) is 12.6. The summed E-state index contributed by atoms with van der Waals surface area (Å²) in [5, 5.41) is 2.38. The van der Waals surface area contributed by atoms with Crippen molar-refractivity contribution in [3.8, 4) is 22.3 Å². The molecule has 197 valence electrons. The number of rotatable bonds is 8. The van der Waals surface area contributed by atoms with Gasteiger partial charge < -0.3 is 9.47 Å². The number of hydrogen-bond donors (Lipinski definition) is 0. The molecule has 0 atom stereocenters. The largest absolute Gasteiger partial charge is 0.462 e. The van der Waals surface area contributed by atoms with E-state index in [2.05, 4.69) is 56.0 Å². The minimum Gasteiger partial charge on any atom is -0.462 e. The van der Waals surface area contributed by atoms with Crippen LogP contribution in [-0.2, 0) is 9.47 Å². The molecule has 3 aromatic carbocycles. The summed E-state index contributed by atoms with van der Waals surface area (Å²) in [6.07, 6.45) is 0. The average molecular weight is 586 g/mol. The second-order valence-electron chi connectivity index (χ2n) is 9.36. The summed E-state index contributed by atoms with van der Waals surface area (Å²) >= 11 is 3.56. The van der Waals surface area contributed by atoms with Crippen LogP contribution >= 0.6 is 22.7 Å². The predicted octanol–water partition coefficient (Wildman–Crippen LogP) is 7.14. The zero-order valence-electron chi connectivity index (χ0n) is 22.6. The van der Waals surface area contributed by atoms with Crippen LogP contribution < -0.4 is 9.00 Å². The summed E-state index contributed by atoms with van der Waals surface area (Å²) in [5.41, 5.74) is 3.96. The van der Waals surface area contributed by atoms with Gasteiger partial charge in [-0.1, -0.05) is 43.9 Å². The fraction of sp³-hybridized carbons (Fsp3) is 0.226. The summed E-state index contributed by atoms with van der Waals surface area (Å²) in [6, 6.07) is 20.5. The Morgan fingerprint density at radius 3 is 1.74 bits per heavy atom. The predicted molar refractivity (Wildman–Crippen MR) is 168 cm³/mol. The quantitative estimate of drug-likeness (QED) is 0.143. The van der Waals surface area contributed by atoms with Gasteiger partial charge in [0, 0.05) is 9.40 Å². The normalized spacial score (nSPS) is 11.4. The van der Waals surface area contributed by atoms with Crippen molar-refractivity contribution >= 4 is 82.1 Å². The van der Waals surface area contributed by atoms with E-state index < -0.39 is 20.7 Å². The SMILES string of the molecule is CCOC(=O)c1cc(-c2ccc3cc([Si](C)C)sc3c2)c(C(=O)OCC)cc1-c1ccc2cc([Si]C)sc2c1. The molecule has 2 aromatic heterocycles. The molecule has 0 unspecified atom stereocenters. The van der Waals surface area contributed by atoms with Crippen LogP contribution in [0.15, 0.2) is 60.7 Å². The molecule has 0 bridgehead atoms. The molecule has 0 amide bonds. The molecule has 0 N–H and O–H groups in total. The van der Waals surface area contributed by atoms with Gasteiger partial charge in [0.25, 0.3) is 0 Å². The Kier molecular flexibility index (Phi) is 8.18. The first-order valence-electron chi connectivity index (χ1n) is 12.9. The molecule has 4 nitrogen and oxygen atoms in total. The van der Waals surface area contributed by atoms with Crippen LogP contribution in [0, 0.1) is 0 Å². The van der Waals surface area contributed by atoms with E-state index in [1.165, 1.54) is 24.5 Å². The van der Waals surface area contributed by atoms with Crippen LogP contribution in [0.4, 0.5) is 0 Å². The molecule has 0 aliphatic carbocycles. The smallest absolute Gasteiger partial charge is 0.338 e. The lowest BCUT2D eigenvalue weighted by atomic mass is 9.90. The van der Waals surface area contributed by atoms with Crippen molar-refractivity contribution in [2.75, 3.05) is 13.2 Å². The van der Waals surface area contributed by atoms with E-state index in [1.54, 1.807) is 42.6 Å². The standard InChI is InChI=1S/C31H29O4S2Si2/c1-6-34-30(32)24-17-23(19-9-11-21-15-29(39(4)5)37-27(21)13-19)25(31(33)35-7-2)16-22(24)18-8-10-20-14-28(38-3)36-26(20)12-18/h8-17H,6-7H2,1-5H3. The molecule has 0 saturated heterocycles. The van der Waals surface area contributed by atoms with E-state index in [0.717, 1.165) is 25.3 Å². The Balaban J connectivity index is 1.74. The van der Waals surface area contributed by atoms with Crippen molar-refractivity contribution in [3.05, 3.63) is 71.8 Å². The minimum absolute atomic E-state index is 0.264. The van der Waals surface area contributed by atoms with Crippen LogP contribution in [0.1, 0.15) is 34.6 Å². The molecule has 5 aromatic rings. The zero-order chi connectivity index (χ0) is 27.7. The molecule has 0 saturated carbocycles. The number of carbonyl (C=O) groups is 2. The number of thiophene rings is 2. The Morgan fingerprint density at radius 1 is 0.744 bits per heavy atom. The topological polar surface area (TPSA) is 52.6 Å². The van der Waals surface area contributed by atoms with Crippen LogP contribution in [0.3, 0.4) is 0 Å². The van der Waals surface area contributed by atoms with Gasteiger partial charge in [0.15, 0.2) is 0 Å². The fourth-order valence-corrected chi connectivity index (χ4v) is 8.94. The van der Waals surface area contributed by atoms with Crippen molar-refractivity contribution in [2.45, 2.75) is 33.5 Å². The van der Waals surface area contributed by atoms with Gasteiger partial charge in [0.05, 0.1) is 42.7 Å². The highest BCUT2D eigenvalue weighted by molar-refractivity contribution is 7.29. The van der Waals surface area contributed by atoms with E-state index >= 15 is 0 Å². The molecular weight excluding hydrogens is 557 g/mol. The molecule has 8 heteroatoms. The van der Waals surface area contributed by atoms with Crippen LogP contribution in [0.5, 0.6) is 0 Å². The lowest BCUT2D eigenvalue weighted by molar-refractivity contribution is 0.0513. The summed E-state index contributed by atoms with van der Waals surface area (Å²) in [6.45, 7) is 10.9. The zero-order valence-corrected chi connectivity index (χ0v) is 26.3. The van der Waals surface area contributed by atoms with Crippen molar-refractivity contribution in [3.63, 3.8) is 0 Å². The first-order valence-corrected chi connectivity index (χ1v) is 18.5. The maximum Gasteiger partial charge on any atom is 0.338 e. The summed E-state index contributed by atoms with van der Waals surface area (Å²) < 4.78 is 16.1. The van der Waals surface area contributed by atoms with E-state index in [9.17, 15) is 9.59 Å². The summed E-state index contributed by atoms with van der Waals surface area (Å²) in [4.78, 5) is 26.6. The second-order valence-corrected chi connectivity index (χ2v) is 15.8. The third-order valence-electron chi connectivity index (χ3n) is 6.55. The number of benzene rings is 3. The van der Waals surface area contributed by atoms with Crippen molar-refractivity contribution < 1.29 is 19.1 Å². The average Bonchev–Trinajstić information content (AvgIpc) is 3.56. The molecule has 0 aliphatic heterocycles. The number of ether oxygens (including phenoxy) is 2. The highest BCUT2D eigenvalue weighted by atomic mass is 32.1. The second kappa shape index (κ2) is 11.6. The molecule has 5 rings (SSSR count). The number of fused-ring (bicyclic) bond motifs is 2. The molecule has 0 spiro atoms. The number of hydrogen-bond acceptors (Lipinski definition) is 6. The molecule has 39 heavy (non-hydrogen) atoms. The number of carbonyl (C=O) groups excluding carboxylic acids is 2. The molecular formula is C31H29O4S2Si2. The van der Waals surface area contributed by atoms with Gasteiger partial charge in [0.1, 0.15) is 0 Å². The van der Waals surface area contributed by atoms with Crippen molar-refractivity contribution in [1.82, 2.24) is 0 Å². The van der Waals surface area contributed by atoms with Gasteiger partial charge in [-0.15, -0.1) is 22.7 Å². The van der Waals surface area contributed by atoms with E-state index in [0.29, 0.717) is 22.3 Å². The maximum absolute atomic E-state index is 13.3. The highest BCUT2D eigenvalue weighted by Crippen LogP contribution is 2.37. The fourth-order valence-electron chi connectivity index (χ4n) is 4.60. The Hall–Kier alpha value is -3.05. The van der Waals surface area contributed by atoms with Crippen LogP contribution in [-0.4, -0.2) is 43.5 Å². The Morgan fingerprint density at radius 2 is 1.26 bits per heavy atom. The monoisotopic (exact) mass is 585 g/mol. The highest BCUT2D eigenvalue weighted by Gasteiger charge is 2.23. The molecule has 2 heterocycles. The molecule has 3 radical (unpaired) electrons. The van der Waals surface area contributed by atoms with Gasteiger partial charge in [-0.25, -0.2) is 9.59 Å². The Labute approximate surface area is 241 Å².